The molecule has 3 aromatic heterocycles. The maximum Gasteiger partial charge on any atom is 0.277 e. The van der Waals surface area contributed by atoms with Crippen LogP contribution in [0.4, 0.5) is 10.1 Å². The summed E-state index contributed by atoms with van der Waals surface area (Å²) < 4.78 is 24.4. The molecule has 1 aliphatic rings. The van der Waals surface area contributed by atoms with Crippen molar-refractivity contribution < 1.29 is 33.1 Å². The number of amides is 3. The smallest absolute Gasteiger partial charge is 0.277 e. The number of pyridine rings is 2. The van der Waals surface area contributed by atoms with E-state index in [0.717, 1.165) is 5.56 Å². The molecule has 6 rings (SSSR count). The van der Waals surface area contributed by atoms with E-state index in [4.69, 9.17) is 15.0 Å². The Morgan fingerprint density at radius 1 is 1.11 bits per heavy atom. The average molecular weight is 625 g/mol. The summed E-state index contributed by atoms with van der Waals surface area (Å²) in [6.45, 7) is 4.61. The third-order valence-electron chi connectivity index (χ3n) is 7.98. The molecule has 0 bridgehead atoms. The Hall–Kier alpha value is -5.69. The molecule has 234 valence electrons. The van der Waals surface area contributed by atoms with E-state index >= 15 is 0 Å². The normalized spacial score (nSPS) is 16.7. The molecule has 2 atom stereocenters. The van der Waals surface area contributed by atoms with Crippen molar-refractivity contribution in [3.63, 3.8) is 0 Å². The first-order chi connectivity index (χ1) is 21.9. The lowest BCUT2D eigenvalue weighted by Crippen LogP contribution is -2.41. The standard InChI is InChI=1S/C33H29FN6O6/c1-17-10-19-11-20(12-24(26(19)36-14-17)38-30(42)23-8-9-46-40-23)29(41)37-15-33(3,44)25-13-22-28(45-16-32(22,2)31(35)43)27(39-25)18-4-6-21(34)7-5-18/h4-14,44H,15-16H2,1-3H3,(H2,35,43)(H,37,41)(H,38,42)/t32-,33-/m0/s1. The average Bonchev–Trinajstić information content (AvgIpc) is 3.69. The highest BCUT2D eigenvalue weighted by Crippen LogP contribution is 2.45. The molecular weight excluding hydrogens is 595 g/mol. The topological polar surface area (TPSA) is 183 Å². The summed E-state index contributed by atoms with van der Waals surface area (Å²) in [6, 6.07) is 13.4. The van der Waals surface area contributed by atoms with E-state index in [9.17, 15) is 23.9 Å². The SMILES string of the molecule is Cc1cnc2c(NC(=O)c3ccon3)cc(C(=O)NC[C@](C)(O)c3cc4c(c(-c5ccc(F)cc5)n3)OC[C@]4(C)C(N)=O)cc2c1. The molecule has 5 N–H and O–H groups in total. The molecule has 0 spiro atoms. The van der Waals surface area contributed by atoms with E-state index in [1.54, 1.807) is 19.2 Å². The van der Waals surface area contributed by atoms with Crippen LogP contribution in [0, 0.1) is 12.7 Å². The van der Waals surface area contributed by atoms with Gasteiger partial charge in [0.15, 0.2) is 5.69 Å². The van der Waals surface area contributed by atoms with Gasteiger partial charge in [-0.15, -0.1) is 0 Å². The zero-order valence-electron chi connectivity index (χ0n) is 25.1. The molecular formula is C33H29FN6O6. The van der Waals surface area contributed by atoms with Crippen molar-refractivity contribution in [3.8, 4) is 17.0 Å². The van der Waals surface area contributed by atoms with Crippen LogP contribution < -0.4 is 21.1 Å². The zero-order chi connectivity index (χ0) is 32.8. The quantitative estimate of drug-likeness (QED) is 0.200. The van der Waals surface area contributed by atoms with Crippen molar-refractivity contribution in [1.29, 1.82) is 0 Å². The van der Waals surface area contributed by atoms with E-state index < -0.39 is 34.6 Å². The monoisotopic (exact) mass is 624 g/mol. The molecule has 0 radical (unpaired) electrons. The van der Waals surface area contributed by atoms with Crippen LogP contribution >= 0.6 is 0 Å². The van der Waals surface area contributed by atoms with Crippen molar-refractivity contribution >= 4 is 34.3 Å². The molecule has 2 aromatic carbocycles. The van der Waals surface area contributed by atoms with Gasteiger partial charge < -0.3 is 30.7 Å². The van der Waals surface area contributed by atoms with Gasteiger partial charge in [0.05, 0.1) is 23.4 Å². The fourth-order valence-corrected chi connectivity index (χ4v) is 5.21. The number of hydrogen-bond donors (Lipinski definition) is 4. The van der Waals surface area contributed by atoms with Crippen LogP contribution in [0.5, 0.6) is 5.75 Å². The first-order valence-corrected chi connectivity index (χ1v) is 14.2. The second kappa shape index (κ2) is 11.3. The maximum atomic E-state index is 13.7. The van der Waals surface area contributed by atoms with E-state index in [0.29, 0.717) is 27.8 Å². The fraction of sp³-hybridized carbons (Fsp3) is 0.212. The largest absolute Gasteiger partial charge is 0.489 e. The molecule has 0 fully saturated rings. The number of benzene rings is 2. The Morgan fingerprint density at radius 3 is 2.57 bits per heavy atom. The summed E-state index contributed by atoms with van der Waals surface area (Å²) in [5, 5.41) is 21.4. The van der Waals surface area contributed by atoms with E-state index in [1.807, 2.05) is 13.0 Å². The molecule has 0 saturated heterocycles. The number of carbonyl (C=O) groups excluding carboxylic acids is 3. The molecule has 3 amide bonds. The lowest BCUT2D eigenvalue weighted by Gasteiger charge is -2.26. The number of anilines is 1. The van der Waals surface area contributed by atoms with Crippen LogP contribution in [-0.4, -0.2) is 51.1 Å². The van der Waals surface area contributed by atoms with Crippen LogP contribution in [0.15, 0.2) is 71.6 Å². The zero-order valence-corrected chi connectivity index (χ0v) is 25.1. The summed E-state index contributed by atoms with van der Waals surface area (Å²) in [5.41, 5.74) is 5.92. The number of nitrogens with two attached hydrogens (primary N) is 1. The van der Waals surface area contributed by atoms with Gasteiger partial charge in [0.25, 0.3) is 11.8 Å². The molecule has 13 heteroatoms. The second-order valence-corrected chi connectivity index (χ2v) is 11.6. The minimum atomic E-state index is -1.75. The van der Waals surface area contributed by atoms with Gasteiger partial charge in [-0.25, -0.2) is 9.37 Å². The number of nitrogens with zero attached hydrogens (tertiary/aromatic N) is 3. The van der Waals surface area contributed by atoms with Crippen LogP contribution in [0.25, 0.3) is 22.2 Å². The number of ether oxygens (including phenoxy) is 1. The van der Waals surface area contributed by atoms with E-state index in [2.05, 4.69) is 25.8 Å². The molecule has 12 nitrogen and oxygen atoms in total. The third-order valence-corrected chi connectivity index (χ3v) is 7.98. The van der Waals surface area contributed by atoms with Crippen molar-refractivity contribution in [1.82, 2.24) is 20.4 Å². The number of aromatic nitrogens is 3. The Balaban J connectivity index is 1.32. The highest BCUT2D eigenvalue weighted by molar-refractivity contribution is 6.09. The van der Waals surface area contributed by atoms with Gasteiger partial charge >= 0.3 is 0 Å². The van der Waals surface area contributed by atoms with Crippen molar-refractivity contribution in [3.05, 3.63) is 101 Å². The Bertz CT molecular complexity index is 2010. The molecule has 5 aromatic rings. The second-order valence-electron chi connectivity index (χ2n) is 11.6. The van der Waals surface area contributed by atoms with Crippen LogP contribution in [0.3, 0.4) is 0 Å². The predicted octanol–water partition coefficient (Wildman–Crippen LogP) is 3.76. The number of aryl methyl sites for hydroxylation is 1. The molecule has 46 heavy (non-hydrogen) atoms. The molecule has 1 aliphatic heterocycles. The molecule has 4 heterocycles. The van der Waals surface area contributed by atoms with Crippen LogP contribution in [-0.2, 0) is 15.8 Å². The Kier molecular flexibility index (Phi) is 7.48. The first kappa shape index (κ1) is 30.3. The summed E-state index contributed by atoms with van der Waals surface area (Å²) in [5.74, 6) is -1.88. The predicted molar refractivity (Wildman–Crippen MR) is 165 cm³/mol. The summed E-state index contributed by atoms with van der Waals surface area (Å²) >= 11 is 0. The van der Waals surface area contributed by atoms with Crippen molar-refractivity contribution in [2.75, 3.05) is 18.5 Å². The summed E-state index contributed by atoms with van der Waals surface area (Å²) in [6.07, 6.45) is 2.91. The van der Waals surface area contributed by atoms with Gasteiger partial charge in [-0.3, -0.25) is 19.4 Å². The van der Waals surface area contributed by atoms with Crippen molar-refractivity contribution in [2.45, 2.75) is 31.8 Å². The number of nitrogens with one attached hydrogen (secondary N) is 2. The van der Waals surface area contributed by atoms with Crippen LogP contribution in [0.1, 0.15) is 51.5 Å². The first-order valence-electron chi connectivity index (χ1n) is 14.2. The van der Waals surface area contributed by atoms with Crippen molar-refractivity contribution in [2.24, 2.45) is 5.73 Å². The highest BCUT2D eigenvalue weighted by atomic mass is 19.1. The minimum Gasteiger partial charge on any atom is -0.489 e. The van der Waals surface area contributed by atoms with Gasteiger partial charge in [-0.05, 0) is 74.9 Å². The number of halogens is 1. The third kappa shape index (κ3) is 5.52. The summed E-state index contributed by atoms with van der Waals surface area (Å²) in [4.78, 5) is 47.8. The Morgan fingerprint density at radius 2 is 1.87 bits per heavy atom. The van der Waals surface area contributed by atoms with E-state index in [1.165, 1.54) is 55.7 Å². The van der Waals surface area contributed by atoms with Gasteiger partial charge in [0, 0.05) is 34.3 Å². The van der Waals surface area contributed by atoms with Gasteiger partial charge in [0.2, 0.25) is 5.91 Å². The van der Waals surface area contributed by atoms with Gasteiger partial charge in [-0.2, -0.15) is 0 Å². The van der Waals surface area contributed by atoms with E-state index in [-0.39, 0.29) is 41.5 Å². The molecule has 0 unspecified atom stereocenters. The van der Waals surface area contributed by atoms with Gasteiger partial charge in [0.1, 0.15) is 41.1 Å². The lowest BCUT2D eigenvalue weighted by molar-refractivity contribution is -0.123. The number of fused-ring (bicyclic) bond motifs is 2. The highest BCUT2D eigenvalue weighted by Gasteiger charge is 2.45. The number of aliphatic hydroxyl groups is 1. The Labute approximate surface area is 261 Å². The number of hydrogen-bond acceptors (Lipinski definition) is 9. The molecule has 0 saturated carbocycles. The summed E-state index contributed by atoms with van der Waals surface area (Å²) in [7, 11) is 0. The van der Waals surface area contributed by atoms with Gasteiger partial charge in [-0.1, -0.05) is 5.16 Å². The fourth-order valence-electron chi connectivity index (χ4n) is 5.21. The van der Waals surface area contributed by atoms with Crippen LogP contribution in [0.2, 0.25) is 0 Å². The lowest BCUT2D eigenvalue weighted by atomic mass is 9.82. The minimum absolute atomic E-state index is 0.0400. The number of carbonyl (C=O) groups is 3. The maximum absolute atomic E-state index is 13.7. The molecule has 0 aliphatic carbocycles. The number of rotatable bonds is 8. The number of primary amides is 1.